The maximum Gasteiger partial charge on any atom is 0.124 e. The van der Waals surface area contributed by atoms with Gasteiger partial charge in [-0.05, 0) is 45.2 Å². The first-order valence-corrected chi connectivity index (χ1v) is 8.39. The Morgan fingerprint density at radius 1 is 1.19 bits per heavy atom. The van der Waals surface area contributed by atoms with Crippen LogP contribution in [0.5, 0.6) is 5.75 Å². The van der Waals surface area contributed by atoms with Gasteiger partial charge in [0.05, 0.1) is 6.61 Å². The van der Waals surface area contributed by atoms with Gasteiger partial charge in [0.1, 0.15) is 5.75 Å². The molecule has 2 heteroatoms. The molecule has 1 atom stereocenters. The van der Waals surface area contributed by atoms with Crippen LogP contribution in [0.25, 0.3) is 0 Å². The van der Waals surface area contributed by atoms with Crippen LogP contribution < -0.4 is 10.1 Å². The van der Waals surface area contributed by atoms with Gasteiger partial charge in [0, 0.05) is 11.6 Å². The zero-order valence-electron chi connectivity index (χ0n) is 13.7. The molecule has 21 heavy (non-hydrogen) atoms. The number of nitrogens with one attached hydrogen (secondary N) is 1. The van der Waals surface area contributed by atoms with Crippen LogP contribution in [0.1, 0.15) is 64.0 Å². The molecule has 1 aromatic rings. The Morgan fingerprint density at radius 2 is 2.00 bits per heavy atom. The van der Waals surface area contributed by atoms with Gasteiger partial charge in [-0.15, -0.1) is 6.58 Å². The minimum Gasteiger partial charge on any atom is -0.494 e. The molecule has 1 aromatic carbocycles. The summed E-state index contributed by atoms with van der Waals surface area (Å²) in [4.78, 5) is 0. The normalized spacial score (nSPS) is 12.1. The highest BCUT2D eigenvalue weighted by Gasteiger charge is 2.14. The first-order chi connectivity index (χ1) is 10.3. The number of ether oxygens (including phenoxy) is 1. The van der Waals surface area contributed by atoms with Crippen LogP contribution in [0.4, 0.5) is 0 Å². The molecule has 1 rings (SSSR count). The topological polar surface area (TPSA) is 21.3 Å². The summed E-state index contributed by atoms with van der Waals surface area (Å²) in [6.45, 7) is 9.81. The van der Waals surface area contributed by atoms with Crippen molar-refractivity contribution in [1.29, 1.82) is 0 Å². The third-order valence-electron chi connectivity index (χ3n) is 3.64. The molecule has 1 N–H and O–H groups in total. The summed E-state index contributed by atoms with van der Waals surface area (Å²) in [6, 6.07) is 8.83. The predicted molar refractivity (Wildman–Crippen MR) is 91.9 cm³/mol. The van der Waals surface area contributed by atoms with Gasteiger partial charge in [-0.3, -0.25) is 0 Å². The van der Waals surface area contributed by atoms with Crippen LogP contribution in [0, 0.1) is 0 Å². The van der Waals surface area contributed by atoms with Crippen molar-refractivity contribution in [3.05, 3.63) is 42.5 Å². The fraction of sp³-hybridized carbons (Fsp3) is 0.579. The Bertz CT molecular complexity index is 389. The molecule has 0 radical (unpaired) electrons. The number of rotatable bonds is 12. The highest BCUT2D eigenvalue weighted by molar-refractivity contribution is 5.36. The molecule has 0 heterocycles. The van der Waals surface area contributed by atoms with Crippen molar-refractivity contribution in [2.75, 3.05) is 13.2 Å². The Hall–Kier alpha value is -1.28. The van der Waals surface area contributed by atoms with E-state index in [9.17, 15) is 0 Å². The van der Waals surface area contributed by atoms with Gasteiger partial charge in [-0.25, -0.2) is 0 Å². The molecule has 0 spiro atoms. The number of hydrogen-bond donors (Lipinski definition) is 1. The van der Waals surface area contributed by atoms with Gasteiger partial charge >= 0.3 is 0 Å². The molecule has 0 bridgehead atoms. The Labute approximate surface area is 130 Å². The Morgan fingerprint density at radius 3 is 2.71 bits per heavy atom. The lowest BCUT2D eigenvalue weighted by molar-refractivity contribution is 0.329. The Kier molecular flexibility index (Phi) is 9.64. The van der Waals surface area contributed by atoms with Crippen molar-refractivity contribution >= 4 is 0 Å². The summed E-state index contributed by atoms with van der Waals surface area (Å²) >= 11 is 0. The second-order valence-electron chi connectivity index (χ2n) is 5.40. The number of para-hydroxylation sites is 1. The molecular weight excluding hydrogens is 258 g/mol. The maximum atomic E-state index is 5.79. The standard InChI is InChI=1S/C19H31NO/c1-4-7-8-9-10-14-18(20-16-5-2)17-13-11-12-15-19(17)21-6-3/h4,11-13,15,18,20H,1,5-10,14,16H2,2-3H3. The van der Waals surface area contributed by atoms with E-state index in [2.05, 4.69) is 43.1 Å². The summed E-state index contributed by atoms with van der Waals surface area (Å²) in [7, 11) is 0. The van der Waals surface area contributed by atoms with Gasteiger partial charge in [-0.1, -0.05) is 44.0 Å². The molecule has 2 nitrogen and oxygen atoms in total. The zero-order valence-corrected chi connectivity index (χ0v) is 13.7. The van der Waals surface area contributed by atoms with Gasteiger partial charge in [-0.2, -0.15) is 0 Å². The third-order valence-corrected chi connectivity index (χ3v) is 3.64. The first-order valence-electron chi connectivity index (χ1n) is 8.39. The van der Waals surface area contributed by atoms with Gasteiger partial charge < -0.3 is 10.1 Å². The van der Waals surface area contributed by atoms with E-state index in [1.165, 1.54) is 31.2 Å². The summed E-state index contributed by atoms with van der Waals surface area (Å²) < 4.78 is 5.79. The molecule has 118 valence electrons. The first kappa shape index (κ1) is 17.8. The fourth-order valence-corrected chi connectivity index (χ4v) is 2.56. The van der Waals surface area contributed by atoms with E-state index in [1.54, 1.807) is 0 Å². The lowest BCUT2D eigenvalue weighted by atomic mass is 9.99. The van der Waals surface area contributed by atoms with Crippen LogP contribution >= 0.6 is 0 Å². The lowest BCUT2D eigenvalue weighted by Gasteiger charge is -2.21. The van der Waals surface area contributed by atoms with Crippen molar-refractivity contribution in [1.82, 2.24) is 5.32 Å². The van der Waals surface area contributed by atoms with Gasteiger partial charge in [0.15, 0.2) is 0 Å². The van der Waals surface area contributed by atoms with Crippen molar-refractivity contribution in [2.24, 2.45) is 0 Å². The molecule has 0 saturated heterocycles. The van der Waals surface area contributed by atoms with Crippen molar-refractivity contribution in [2.45, 2.75) is 58.4 Å². The van der Waals surface area contributed by atoms with Crippen LogP contribution in [-0.4, -0.2) is 13.2 Å². The van der Waals surface area contributed by atoms with E-state index in [1.807, 2.05) is 13.0 Å². The highest BCUT2D eigenvalue weighted by atomic mass is 16.5. The minimum absolute atomic E-state index is 0.399. The van der Waals surface area contributed by atoms with E-state index in [4.69, 9.17) is 4.74 Å². The van der Waals surface area contributed by atoms with Crippen LogP contribution in [0.2, 0.25) is 0 Å². The average Bonchev–Trinajstić information content (AvgIpc) is 2.51. The molecule has 0 aliphatic rings. The Balaban J connectivity index is 2.65. The second kappa shape index (κ2) is 11.4. The summed E-state index contributed by atoms with van der Waals surface area (Å²) in [5.74, 6) is 1.03. The van der Waals surface area contributed by atoms with E-state index in [0.29, 0.717) is 6.04 Å². The van der Waals surface area contributed by atoms with E-state index >= 15 is 0 Å². The van der Waals surface area contributed by atoms with E-state index in [0.717, 1.165) is 31.7 Å². The third kappa shape index (κ3) is 6.81. The van der Waals surface area contributed by atoms with Gasteiger partial charge in [0.25, 0.3) is 0 Å². The van der Waals surface area contributed by atoms with Crippen molar-refractivity contribution in [3.63, 3.8) is 0 Å². The number of unbranched alkanes of at least 4 members (excludes halogenated alkanes) is 3. The maximum absolute atomic E-state index is 5.79. The highest BCUT2D eigenvalue weighted by Crippen LogP contribution is 2.29. The molecule has 0 aliphatic heterocycles. The van der Waals surface area contributed by atoms with Crippen LogP contribution in [0.15, 0.2) is 36.9 Å². The fourth-order valence-electron chi connectivity index (χ4n) is 2.56. The van der Waals surface area contributed by atoms with Crippen molar-refractivity contribution in [3.8, 4) is 5.75 Å². The average molecular weight is 289 g/mol. The molecule has 0 amide bonds. The molecule has 0 fully saturated rings. The molecule has 0 aliphatic carbocycles. The summed E-state index contributed by atoms with van der Waals surface area (Å²) in [5.41, 5.74) is 1.30. The molecule has 0 aromatic heterocycles. The second-order valence-corrected chi connectivity index (χ2v) is 5.40. The minimum atomic E-state index is 0.399. The quantitative estimate of drug-likeness (QED) is 0.418. The lowest BCUT2D eigenvalue weighted by Crippen LogP contribution is -2.22. The predicted octanol–water partition coefficient (Wildman–Crippen LogP) is 5.26. The number of allylic oxidation sites excluding steroid dienone is 1. The van der Waals surface area contributed by atoms with E-state index in [-0.39, 0.29) is 0 Å². The number of benzene rings is 1. The summed E-state index contributed by atoms with van der Waals surface area (Å²) in [6.07, 6.45) is 9.23. The van der Waals surface area contributed by atoms with Gasteiger partial charge in [0.2, 0.25) is 0 Å². The SMILES string of the molecule is C=CCCCCCC(NCCC)c1ccccc1OCC. The largest absolute Gasteiger partial charge is 0.494 e. The molecule has 1 unspecified atom stereocenters. The monoisotopic (exact) mass is 289 g/mol. The van der Waals surface area contributed by atoms with Crippen LogP contribution in [-0.2, 0) is 0 Å². The zero-order chi connectivity index (χ0) is 15.3. The molecule has 0 saturated carbocycles. The number of hydrogen-bond acceptors (Lipinski definition) is 2. The van der Waals surface area contributed by atoms with E-state index < -0.39 is 0 Å². The van der Waals surface area contributed by atoms with Crippen LogP contribution in [0.3, 0.4) is 0 Å². The molecular formula is C19H31NO. The smallest absolute Gasteiger partial charge is 0.124 e. The van der Waals surface area contributed by atoms with Crippen molar-refractivity contribution < 1.29 is 4.74 Å². The summed E-state index contributed by atoms with van der Waals surface area (Å²) in [5, 5.41) is 3.68.